The number of amides is 2. The van der Waals surface area contributed by atoms with E-state index in [0.29, 0.717) is 12.8 Å². The van der Waals surface area contributed by atoms with Crippen molar-refractivity contribution in [3.05, 3.63) is 41.0 Å². The molecule has 2 atom stereocenters. The molecular formula is C21H24N2O7. The van der Waals surface area contributed by atoms with E-state index in [1.807, 2.05) is 0 Å². The smallest absolute Gasteiger partial charge is 0.251 e. The highest BCUT2D eigenvalue weighted by atomic mass is 16.3. The lowest BCUT2D eigenvalue weighted by molar-refractivity contribution is 0.0862. The van der Waals surface area contributed by atoms with Crippen molar-refractivity contribution >= 4 is 11.8 Å². The predicted octanol–water partition coefficient (Wildman–Crippen LogP) is 1.99. The van der Waals surface area contributed by atoms with Gasteiger partial charge in [0.1, 0.15) is 11.5 Å². The van der Waals surface area contributed by atoms with Crippen LogP contribution in [0.25, 0.3) is 0 Å². The fourth-order valence-electron chi connectivity index (χ4n) is 3.53. The molecule has 1 aliphatic carbocycles. The van der Waals surface area contributed by atoms with Gasteiger partial charge in [0.05, 0.1) is 0 Å². The van der Waals surface area contributed by atoms with Crippen LogP contribution in [0.5, 0.6) is 28.7 Å². The first kappa shape index (κ1) is 21.1. The zero-order valence-electron chi connectivity index (χ0n) is 16.3. The molecule has 30 heavy (non-hydrogen) atoms. The molecule has 7 N–H and O–H groups in total. The largest absolute Gasteiger partial charge is 0.508 e. The minimum atomic E-state index is -0.709. The summed E-state index contributed by atoms with van der Waals surface area (Å²) in [5.41, 5.74) is 0.334. The van der Waals surface area contributed by atoms with Crippen LogP contribution in [0.1, 0.15) is 52.0 Å². The van der Waals surface area contributed by atoms with Crippen LogP contribution < -0.4 is 10.6 Å². The quantitative estimate of drug-likeness (QED) is 0.375. The van der Waals surface area contributed by atoms with Crippen molar-refractivity contribution in [3.63, 3.8) is 0 Å². The second-order valence-corrected chi connectivity index (χ2v) is 7.45. The Hall–Kier alpha value is -3.62. The van der Waals surface area contributed by atoms with Gasteiger partial charge in [-0.05, 0) is 44.0 Å². The van der Waals surface area contributed by atoms with Crippen LogP contribution in [-0.2, 0) is 0 Å². The molecule has 0 unspecified atom stereocenters. The van der Waals surface area contributed by atoms with E-state index in [1.54, 1.807) is 0 Å². The van der Waals surface area contributed by atoms with Crippen LogP contribution in [0.15, 0.2) is 24.3 Å². The van der Waals surface area contributed by atoms with Crippen molar-refractivity contribution in [1.82, 2.24) is 10.6 Å². The molecule has 1 aliphatic rings. The normalized spacial score (nSPS) is 18.6. The van der Waals surface area contributed by atoms with Crippen LogP contribution in [0.4, 0.5) is 0 Å². The molecule has 0 radical (unpaired) electrons. The minimum absolute atomic E-state index is 0.0353. The van der Waals surface area contributed by atoms with Crippen molar-refractivity contribution in [2.45, 2.75) is 44.7 Å². The fourth-order valence-corrected chi connectivity index (χ4v) is 3.53. The second kappa shape index (κ2) is 8.40. The summed E-state index contributed by atoms with van der Waals surface area (Å²) in [5, 5.41) is 54.0. The standard InChI is InChI=1S/C21H24N2O7/c1-10-15(24)6-11(7-16(10)25)20(29)22-13-4-2-3-5-14(13)23-21(30)12-8-17(26)19(28)18(27)9-12/h6-9,13-14,24-28H,2-5H2,1H3,(H,22,29)(H,23,30)/t13-,14+/m1/s1. The van der Waals surface area contributed by atoms with Crippen LogP contribution in [0.2, 0.25) is 0 Å². The Balaban J connectivity index is 1.73. The number of rotatable bonds is 4. The number of carbonyl (C=O) groups excluding carboxylic acids is 2. The number of benzene rings is 2. The molecule has 0 spiro atoms. The molecule has 160 valence electrons. The molecule has 9 heteroatoms. The predicted molar refractivity (Wildman–Crippen MR) is 107 cm³/mol. The molecule has 0 aliphatic heterocycles. The molecule has 0 heterocycles. The van der Waals surface area contributed by atoms with Crippen molar-refractivity contribution in [1.29, 1.82) is 0 Å². The number of phenols is 5. The van der Waals surface area contributed by atoms with Crippen molar-refractivity contribution in [2.24, 2.45) is 0 Å². The number of nitrogens with one attached hydrogen (secondary N) is 2. The Bertz CT molecular complexity index is 864. The van der Waals surface area contributed by atoms with Gasteiger partial charge in [-0.15, -0.1) is 0 Å². The summed E-state index contributed by atoms with van der Waals surface area (Å²) in [6, 6.07) is 3.82. The van der Waals surface area contributed by atoms with Crippen LogP contribution >= 0.6 is 0 Å². The Morgan fingerprint density at radius 3 is 1.50 bits per heavy atom. The number of phenolic OH excluding ortho intramolecular Hbond substituents is 5. The third-order valence-electron chi connectivity index (χ3n) is 5.35. The Kier molecular flexibility index (Phi) is 5.91. The molecule has 2 amide bonds. The summed E-state index contributed by atoms with van der Waals surface area (Å²) in [5.74, 6) is -3.40. The average Bonchev–Trinajstić information content (AvgIpc) is 2.70. The molecule has 0 saturated heterocycles. The summed E-state index contributed by atoms with van der Waals surface area (Å²) >= 11 is 0. The molecule has 1 fully saturated rings. The molecular weight excluding hydrogens is 392 g/mol. The molecule has 1 saturated carbocycles. The zero-order chi connectivity index (χ0) is 22.0. The number of carbonyl (C=O) groups is 2. The van der Waals surface area contributed by atoms with E-state index < -0.39 is 35.1 Å². The summed E-state index contributed by atoms with van der Waals surface area (Å²) in [7, 11) is 0. The molecule has 3 rings (SSSR count). The molecule has 9 nitrogen and oxygen atoms in total. The maximum atomic E-state index is 12.6. The van der Waals surface area contributed by atoms with E-state index in [4.69, 9.17) is 0 Å². The summed E-state index contributed by atoms with van der Waals surface area (Å²) < 4.78 is 0. The first-order valence-corrected chi connectivity index (χ1v) is 9.56. The van der Waals surface area contributed by atoms with Gasteiger partial charge in [0.2, 0.25) is 0 Å². The van der Waals surface area contributed by atoms with Crippen LogP contribution in [0.3, 0.4) is 0 Å². The highest BCUT2D eigenvalue weighted by Gasteiger charge is 2.29. The Morgan fingerprint density at radius 2 is 1.10 bits per heavy atom. The van der Waals surface area contributed by atoms with Crippen molar-refractivity contribution < 1.29 is 35.1 Å². The third kappa shape index (κ3) is 4.35. The maximum Gasteiger partial charge on any atom is 0.251 e. The Morgan fingerprint density at radius 1 is 0.733 bits per heavy atom. The summed E-state index contributed by atoms with van der Waals surface area (Å²) in [6.07, 6.45) is 2.92. The lowest BCUT2D eigenvalue weighted by Gasteiger charge is -2.33. The van der Waals surface area contributed by atoms with Crippen LogP contribution in [0, 0.1) is 6.92 Å². The van der Waals surface area contributed by atoms with E-state index in [1.165, 1.54) is 19.1 Å². The maximum absolute atomic E-state index is 12.6. The lowest BCUT2D eigenvalue weighted by Crippen LogP contribution is -2.53. The van der Waals surface area contributed by atoms with E-state index in [-0.39, 0.29) is 34.2 Å². The lowest BCUT2D eigenvalue weighted by atomic mass is 9.89. The first-order valence-electron chi connectivity index (χ1n) is 9.56. The van der Waals surface area contributed by atoms with E-state index in [2.05, 4.69) is 10.6 Å². The van der Waals surface area contributed by atoms with E-state index in [0.717, 1.165) is 25.0 Å². The number of aromatic hydroxyl groups is 5. The number of hydrogen-bond acceptors (Lipinski definition) is 7. The van der Waals surface area contributed by atoms with E-state index in [9.17, 15) is 35.1 Å². The van der Waals surface area contributed by atoms with Gasteiger partial charge in [0.25, 0.3) is 11.8 Å². The highest BCUT2D eigenvalue weighted by molar-refractivity contribution is 5.97. The van der Waals surface area contributed by atoms with Gasteiger partial charge in [-0.25, -0.2) is 0 Å². The summed E-state index contributed by atoms with van der Waals surface area (Å²) in [4.78, 5) is 25.2. The second-order valence-electron chi connectivity index (χ2n) is 7.45. The van der Waals surface area contributed by atoms with Crippen LogP contribution in [-0.4, -0.2) is 49.4 Å². The average molecular weight is 416 g/mol. The SMILES string of the molecule is Cc1c(O)cc(C(=O)N[C@@H]2CCCC[C@@H]2NC(=O)c2cc(O)c(O)c(O)c2)cc1O. The van der Waals surface area contributed by atoms with Gasteiger partial charge in [-0.3, -0.25) is 9.59 Å². The van der Waals surface area contributed by atoms with Crippen molar-refractivity contribution in [3.8, 4) is 28.7 Å². The van der Waals surface area contributed by atoms with E-state index >= 15 is 0 Å². The molecule has 2 aromatic rings. The van der Waals surface area contributed by atoms with Gasteiger partial charge in [-0.1, -0.05) is 12.8 Å². The third-order valence-corrected chi connectivity index (χ3v) is 5.35. The minimum Gasteiger partial charge on any atom is -0.508 e. The van der Waals surface area contributed by atoms with Gasteiger partial charge >= 0.3 is 0 Å². The fraction of sp³-hybridized carbons (Fsp3) is 0.333. The van der Waals surface area contributed by atoms with Gasteiger partial charge < -0.3 is 36.2 Å². The van der Waals surface area contributed by atoms with Crippen molar-refractivity contribution in [2.75, 3.05) is 0 Å². The summed E-state index contributed by atoms with van der Waals surface area (Å²) in [6.45, 7) is 1.53. The van der Waals surface area contributed by atoms with Gasteiger partial charge in [0, 0.05) is 28.8 Å². The molecule has 0 aromatic heterocycles. The Labute approximate surface area is 172 Å². The molecule has 0 bridgehead atoms. The highest BCUT2D eigenvalue weighted by Crippen LogP contribution is 2.35. The van der Waals surface area contributed by atoms with Gasteiger partial charge in [0.15, 0.2) is 17.2 Å². The molecule has 2 aromatic carbocycles. The topological polar surface area (TPSA) is 159 Å². The first-order chi connectivity index (χ1) is 14.2. The number of hydrogen-bond donors (Lipinski definition) is 7. The monoisotopic (exact) mass is 416 g/mol. The zero-order valence-corrected chi connectivity index (χ0v) is 16.3. The van der Waals surface area contributed by atoms with Gasteiger partial charge in [-0.2, -0.15) is 0 Å².